The molecule has 0 saturated carbocycles. The average molecular weight is 487 g/mol. The Balaban J connectivity index is 3.57. The van der Waals surface area contributed by atoms with Gasteiger partial charge < -0.3 is 18.1 Å². The van der Waals surface area contributed by atoms with E-state index in [1.165, 1.54) is 25.7 Å². The molecule has 0 aromatic rings. The molecule has 32 heavy (non-hydrogen) atoms. The highest BCUT2D eigenvalue weighted by atomic mass is 31.2. The van der Waals surface area contributed by atoms with Crippen LogP contribution in [-0.2, 0) is 18.1 Å². The van der Waals surface area contributed by atoms with Gasteiger partial charge in [-0.2, -0.15) is 0 Å². The lowest BCUT2D eigenvalue weighted by Gasteiger charge is -2.14. The third-order valence-electron chi connectivity index (χ3n) is 4.56. The fraction of sp³-hybridized carbons (Fsp3) is 0.692. The highest BCUT2D eigenvalue weighted by Gasteiger charge is 2.06. The van der Waals surface area contributed by atoms with Crippen LogP contribution in [0.3, 0.4) is 0 Å². The first-order valence-corrected chi connectivity index (χ1v) is 14.9. The lowest BCUT2D eigenvalue weighted by atomic mass is 10.2. The maximum atomic E-state index is 5.82. The van der Waals surface area contributed by atoms with E-state index < -0.39 is 16.8 Å². The molecule has 2 atom stereocenters. The van der Waals surface area contributed by atoms with Crippen LogP contribution in [-0.4, -0.2) is 26.4 Å². The second-order valence-electron chi connectivity index (χ2n) is 7.49. The monoisotopic (exact) mass is 486 g/mol. The van der Waals surface area contributed by atoms with Crippen molar-refractivity contribution in [1.82, 2.24) is 0 Å². The molecule has 0 rings (SSSR count). The van der Waals surface area contributed by atoms with E-state index in [2.05, 4.69) is 51.3 Å². The van der Waals surface area contributed by atoms with Crippen molar-refractivity contribution in [3.63, 3.8) is 0 Å². The van der Waals surface area contributed by atoms with Crippen molar-refractivity contribution in [2.45, 2.75) is 90.9 Å². The summed E-state index contributed by atoms with van der Waals surface area (Å²) in [7, 11) is -1.92. The first-order valence-electron chi connectivity index (χ1n) is 12.4. The molecule has 6 heteroatoms. The van der Waals surface area contributed by atoms with Gasteiger partial charge in [-0.25, -0.2) is 0 Å². The maximum absolute atomic E-state index is 5.82. The number of unbranched alkanes of at least 4 members (excludes halogenated alkanes) is 7. The van der Waals surface area contributed by atoms with Crippen LogP contribution in [0.5, 0.6) is 0 Å². The Morgan fingerprint density at radius 3 is 1.25 bits per heavy atom. The first-order chi connectivity index (χ1) is 15.8. The summed E-state index contributed by atoms with van der Waals surface area (Å²) in [6.45, 7) is 14.9. The molecule has 0 bridgehead atoms. The van der Waals surface area contributed by atoms with Crippen LogP contribution < -0.4 is 0 Å². The molecule has 0 fully saturated rings. The van der Waals surface area contributed by atoms with Gasteiger partial charge in [0.15, 0.2) is 16.8 Å². The Kier molecular flexibility index (Phi) is 26.6. The summed E-state index contributed by atoms with van der Waals surface area (Å²) < 4.78 is 23.2. The van der Waals surface area contributed by atoms with Crippen molar-refractivity contribution in [2.24, 2.45) is 0 Å². The minimum atomic E-state index is -0.961. The van der Waals surface area contributed by atoms with Crippen molar-refractivity contribution in [3.8, 4) is 0 Å². The predicted molar refractivity (Wildman–Crippen MR) is 143 cm³/mol. The number of rotatable bonds is 25. The fourth-order valence-electron chi connectivity index (χ4n) is 2.69. The van der Waals surface area contributed by atoms with Gasteiger partial charge in [0, 0.05) is 0 Å². The Labute approximate surface area is 201 Å². The summed E-state index contributed by atoms with van der Waals surface area (Å²) >= 11 is 0. The van der Waals surface area contributed by atoms with Crippen LogP contribution in [0.25, 0.3) is 0 Å². The second-order valence-corrected chi connectivity index (χ2v) is 10.4. The van der Waals surface area contributed by atoms with E-state index in [9.17, 15) is 0 Å². The van der Waals surface area contributed by atoms with Crippen molar-refractivity contribution in [2.75, 3.05) is 26.4 Å². The standard InChI is InChI=1S/C26H48O4P2/c1-5-9-11-13-15-19-23-27-31(7-3)29-25-21-17-18-22-26-30-32(8-4)28-24-20-16-14-12-10-6-2/h7-8,13-16H,3-6,9-12,17-26H2,1-2H3/b15-13-,16-14-. The van der Waals surface area contributed by atoms with Gasteiger partial charge in [0.2, 0.25) is 0 Å². The average Bonchev–Trinajstić information content (AvgIpc) is 2.81. The van der Waals surface area contributed by atoms with Crippen LogP contribution in [0, 0.1) is 0 Å². The normalized spacial score (nSPS) is 13.7. The number of allylic oxidation sites excluding steroid dienone is 2. The summed E-state index contributed by atoms with van der Waals surface area (Å²) in [6, 6.07) is 0. The SMILES string of the molecule is C=CP(OCC/C=C\CCCC)OCCCCCCOP(C=C)OCC/C=C\CCCC. The minimum absolute atomic E-state index is 0.696. The van der Waals surface area contributed by atoms with Crippen LogP contribution in [0.4, 0.5) is 0 Å². The largest absolute Gasteiger partial charge is 0.331 e. The Morgan fingerprint density at radius 2 is 0.875 bits per heavy atom. The molecule has 0 aliphatic carbocycles. The molecule has 0 spiro atoms. The summed E-state index contributed by atoms with van der Waals surface area (Å²) in [4.78, 5) is 0. The molecule has 4 nitrogen and oxygen atoms in total. The summed E-state index contributed by atoms with van der Waals surface area (Å²) in [5.41, 5.74) is 0. The molecule has 0 heterocycles. The third-order valence-corrected chi connectivity index (χ3v) is 6.91. The lowest BCUT2D eigenvalue weighted by molar-refractivity contribution is 0.244. The second kappa shape index (κ2) is 26.9. The van der Waals surface area contributed by atoms with E-state index in [0.29, 0.717) is 13.2 Å². The molecule has 0 aromatic heterocycles. The van der Waals surface area contributed by atoms with Crippen LogP contribution >= 0.6 is 16.8 Å². The van der Waals surface area contributed by atoms with Gasteiger partial charge in [-0.05, 0) is 50.2 Å². The van der Waals surface area contributed by atoms with Crippen molar-refractivity contribution < 1.29 is 18.1 Å². The van der Waals surface area contributed by atoms with Crippen LogP contribution in [0.2, 0.25) is 0 Å². The Bertz CT molecular complexity index is 427. The maximum Gasteiger partial charge on any atom is 0.196 e. The molecule has 0 aliphatic heterocycles. The van der Waals surface area contributed by atoms with Gasteiger partial charge in [-0.3, -0.25) is 0 Å². The van der Waals surface area contributed by atoms with Gasteiger partial charge in [-0.1, -0.05) is 89.8 Å². The molecule has 0 saturated heterocycles. The van der Waals surface area contributed by atoms with E-state index in [-0.39, 0.29) is 0 Å². The van der Waals surface area contributed by atoms with E-state index in [1.807, 2.05) is 0 Å². The van der Waals surface area contributed by atoms with E-state index >= 15 is 0 Å². The molecule has 186 valence electrons. The number of hydrogen-bond donors (Lipinski definition) is 0. The molecule has 0 aliphatic rings. The highest BCUT2D eigenvalue weighted by Crippen LogP contribution is 2.40. The molecular weight excluding hydrogens is 438 g/mol. The zero-order chi connectivity index (χ0) is 23.5. The molecular formula is C26H48O4P2. The van der Waals surface area contributed by atoms with Crippen molar-refractivity contribution in [1.29, 1.82) is 0 Å². The fourth-order valence-corrected chi connectivity index (χ4v) is 4.45. The van der Waals surface area contributed by atoms with Gasteiger partial charge in [0.1, 0.15) is 0 Å². The van der Waals surface area contributed by atoms with Crippen LogP contribution in [0.1, 0.15) is 90.9 Å². The minimum Gasteiger partial charge on any atom is -0.331 e. The van der Waals surface area contributed by atoms with E-state index in [1.54, 1.807) is 11.6 Å². The van der Waals surface area contributed by atoms with Gasteiger partial charge in [-0.15, -0.1) is 0 Å². The quantitative estimate of drug-likeness (QED) is 0.0731. The van der Waals surface area contributed by atoms with Gasteiger partial charge in [0.25, 0.3) is 0 Å². The topological polar surface area (TPSA) is 36.9 Å². The number of hydrogen-bond acceptors (Lipinski definition) is 4. The van der Waals surface area contributed by atoms with Gasteiger partial charge in [0.05, 0.1) is 26.4 Å². The Hall–Kier alpha value is -0.340. The summed E-state index contributed by atoms with van der Waals surface area (Å²) in [5.74, 6) is 3.59. The lowest BCUT2D eigenvalue weighted by Crippen LogP contribution is -1.96. The molecule has 0 aromatic carbocycles. The van der Waals surface area contributed by atoms with E-state index in [4.69, 9.17) is 18.1 Å². The van der Waals surface area contributed by atoms with E-state index in [0.717, 1.165) is 64.6 Å². The third kappa shape index (κ3) is 22.8. The highest BCUT2D eigenvalue weighted by molar-refractivity contribution is 7.50. The van der Waals surface area contributed by atoms with Crippen molar-refractivity contribution >= 4 is 16.8 Å². The van der Waals surface area contributed by atoms with Gasteiger partial charge >= 0.3 is 0 Å². The molecule has 2 unspecified atom stereocenters. The van der Waals surface area contributed by atoms with Crippen LogP contribution in [0.15, 0.2) is 49.1 Å². The molecule has 0 N–H and O–H groups in total. The van der Waals surface area contributed by atoms with Crippen molar-refractivity contribution in [3.05, 3.63) is 49.1 Å². The smallest absolute Gasteiger partial charge is 0.196 e. The summed E-state index contributed by atoms with van der Waals surface area (Å²) in [6.07, 6.45) is 22.4. The predicted octanol–water partition coefficient (Wildman–Crippen LogP) is 9.80. The molecule has 0 radical (unpaired) electrons. The summed E-state index contributed by atoms with van der Waals surface area (Å²) in [5, 5.41) is 0. The first kappa shape index (κ1) is 31.7. The zero-order valence-electron chi connectivity index (χ0n) is 20.7. The Morgan fingerprint density at radius 1 is 0.500 bits per heavy atom. The zero-order valence-corrected chi connectivity index (χ0v) is 22.5. The molecule has 0 amide bonds.